The van der Waals surface area contributed by atoms with Gasteiger partial charge in [-0.05, 0) is 42.8 Å². The second-order valence-corrected chi connectivity index (χ2v) is 5.67. The average Bonchev–Trinajstić information content (AvgIpc) is 3.14. The maximum atomic E-state index is 12.2. The fourth-order valence-electron chi connectivity index (χ4n) is 2.37. The third-order valence-electron chi connectivity index (χ3n) is 3.78. The van der Waals surface area contributed by atoms with E-state index in [1.807, 2.05) is 6.07 Å². The molecule has 0 saturated carbocycles. The van der Waals surface area contributed by atoms with Gasteiger partial charge in [-0.2, -0.15) is 5.26 Å². The Morgan fingerprint density at radius 1 is 1.22 bits per heavy atom. The van der Waals surface area contributed by atoms with Crippen molar-refractivity contribution in [1.29, 1.82) is 5.26 Å². The van der Waals surface area contributed by atoms with E-state index >= 15 is 0 Å². The van der Waals surface area contributed by atoms with Crippen molar-refractivity contribution in [1.82, 2.24) is 0 Å². The molecule has 27 heavy (non-hydrogen) atoms. The van der Waals surface area contributed by atoms with Crippen molar-refractivity contribution in [3.8, 4) is 17.6 Å². The molecule has 3 rings (SSSR count). The number of para-hydroxylation sites is 1. The highest BCUT2D eigenvalue weighted by Crippen LogP contribution is 2.32. The van der Waals surface area contributed by atoms with Crippen LogP contribution in [0.15, 0.2) is 48.5 Å². The topological polar surface area (TPSA) is 97.7 Å². The third-order valence-corrected chi connectivity index (χ3v) is 3.78. The number of hydrogen-bond donors (Lipinski definition) is 1. The summed E-state index contributed by atoms with van der Waals surface area (Å²) in [6.07, 6.45) is 1.76. The molecule has 0 bridgehead atoms. The zero-order valence-corrected chi connectivity index (χ0v) is 14.5. The molecule has 1 aliphatic heterocycles. The van der Waals surface area contributed by atoms with Crippen LogP contribution in [0.5, 0.6) is 11.5 Å². The van der Waals surface area contributed by atoms with Gasteiger partial charge in [0.2, 0.25) is 6.79 Å². The molecule has 0 saturated heterocycles. The number of hydrogen-bond acceptors (Lipinski definition) is 6. The molecule has 0 fully saturated rings. The van der Waals surface area contributed by atoms with E-state index in [1.54, 1.807) is 48.5 Å². The van der Waals surface area contributed by atoms with Crippen molar-refractivity contribution in [3.63, 3.8) is 0 Å². The second-order valence-electron chi connectivity index (χ2n) is 5.67. The monoisotopic (exact) mass is 364 g/mol. The number of benzene rings is 2. The van der Waals surface area contributed by atoms with Crippen LogP contribution in [0.3, 0.4) is 0 Å². The summed E-state index contributed by atoms with van der Waals surface area (Å²) in [5.74, 6) is 0.0681. The summed E-state index contributed by atoms with van der Waals surface area (Å²) in [5.41, 5.74) is 1.42. The van der Waals surface area contributed by atoms with Crippen LogP contribution < -0.4 is 14.8 Å². The zero-order chi connectivity index (χ0) is 19.2. The fraction of sp³-hybridized carbons (Fsp3) is 0.150. The van der Waals surface area contributed by atoms with Crippen molar-refractivity contribution < 1.29 is 23.8 Å². The molecule has 2 aromatic carbocycles. The SMILES string of the molecule is C[C@@H](OC(=O)/C=C/c1ccc2c(c1)OCO2)C(=O)Nc1ccccc1C#N. The van der Waals surface area contributed by atoms with Gasteiger partial charge in [0.1, 0.15) is 6.07 Å². The fourth-order valence-corrected chi connectivity index (χ4v) is 2.37. The summed E-state index contributed by atoms with van der Waals surface area (Å²) in [4.78, 5) is 24.1. The van der Waals surface area contributed by atoms with Crippen LogP contribution in [-0.2, 0) is 14.3 Å². The molecule has 7 heteroatoms. The lowest BCUT2D eigenvalue weighted by atomic mass is 10.2. The van der Waals surface area contributed by atoms with Gasteiger partial charge in [0.25, 0.3) is 5.91 Å². The summed E-state index contributed by atoms with van der Waals surface area (Å²) in [6.45, 7) is 1.63. The molecule has 0 aromatic heterocycles. The predicted molar refractivity (Wildman–Crippen MR) is 96.9 cm³/mol. The highest BCUT2D eigenvalue weighted by molar-refractivity contribution is 5.97. The van der Waals surface area contributed by atoms with Crippen molar-refractivity contribution in [3.05, 3.63) is 59.7 Å². The van der Waals surface area contributed by atoms with Crippen LogP contribution in [0.4, 0.5) is 5.69 Å². The molecule has 0 unspecified atom stereocenters. The van der Waals surface area contributed by atoms with Crippen molar-refractivity contribution >= 4 is 23.6 Å². The molecular formula is C20H16N2O5. The van der Waals surface area contributed by atoms with Gasteiger partial charge in [0.15, 0.2) is 17.6 Å². The van der Waals surface area contributed by atoms with E-state index in [4.69, 9.17) is 19.5 Å². The normalized spacial score (nSPS) is 13.0. The molecule has 0 spiro atoms. The zero-order valence-electron chi connectivity index (χ0n) is 14.5. The largest absolute Gasteiger partial charge is 0.454 e. The van der Waals surface area contributed by atoms with Crippen LogP contribution in [0.1, 0.15) is 18.1 Å². The minimum Gasteiger partial charge on any atom is -0.454 e. The molecule has 2 aromatic rings. The van der Waals surface area contributed by atoms with Crippen LogP contribution in [0, 0.1) is 11.3 Å². The van der Waals surface area contributed by atoms with E-state index in [9.17, 15) is 9.59 Å². The standard InChI is InChI=1S/C20H16N2O5/c1-13(20(24)22-16-5-3-2-4-15(16)11-21)27-19(23)9-7-14-6-8-17-18(10-14)26-12-25-17/h2-10,13H,12H2,1H3,(H,22,24)/b9-7+/t13-/m1/s1. The number of carbonyl (C=O) groups excluding carboxylic acids is 2. The highest BCUT2D eigenvalue weighted by Gasteiger charge is 2.18. The molecule has 1 N–H and O–H groups in total. The first kappa shape index (κ1) is 18.0. The molecule has 0 aliphatic carbocycles. The summed E-state index contributed by atoms with van der Waals surface area (Å²) < 4.78 is 15.6. The van der Waals surface area contributed by atoms with Crippen LogP contribution in [0.25, 0.3) is 6.08 Å². The third kappa shape index (κ3) is 4.44. The van der Waals surface area contributed by atoms with E-state index in [-0.39, 0.29) is 6.79 Å². The summed E-state index contributed by atoms with van der Waals surface area (Å²) >= 11 is 0. The number of amides is 1. The Morgan fingerprint density at radius 2 is 2.00 bits per heavy atom. The van der Waals surface area contributed by atoms with Gasteiger partial charge < -0.3 is 19.5 Å². The number of nitrogens with one attached hydrogen (secondary N) is 1. The number of anilines is 1. The molecule has 0 radical (unpaired) electrons. The maximum absolute atomic E-state index is 12.2. The number of rotatable bonds is 5. The van der Waals surface area contributed by atoms with Gasteiger partial charge in [0.05, 0.1) is 11.3 Å². The number of nitriles is 1. The lowest BCUT2D eigenvalue weighted by Crippen LogP contribution is -2.29. The van der Waals surface area contributed by atoms with E-state index in [0.717, 1.165) is 5.56 Å². The van der Waals surface area contributed by atoms with Gasteiger partial charge in [-0.25, -0.2) is 4.79 Å². The first-order chi connectivity index (χ1) is 13.1. The molecule has 136 valence electrons. The lowest BCUT2D eigenvalue weighted by molar-refractivity contribution is -0.148. The summed E-state index contributed by atoms with van der Waals surface area (Å²) in [7, 11) is 0. The van der Waals surface area contributed by atoms with Crippen LogP contribution in [-0.4, -0.2) is 24.8 Å². The van der Waals surface area contributed by atoms with Gasteiger partial charge >= 0.3 is 5.97 Å². The average molecular weight is 364 g/mol. The maximum Gasteiger partial charge on any atom is 0.331 e. The van der Waals surface area contributed by atoms with E-state index in [1.165, 1.54) is 13.0 Å². The van der Waals surface area contributed by atoms with E-state index < -0.39 is 18.0 Å². The van der Waals surface area contributed by atoms with Gasteiger partial charge in [-0.15, -0.1) is 0 Å². The number of nitrogens with zero attached hydrogens (tertiary/aromatic N) is 1. The van der Waals surface area contributed by atoms with Gasteiger partial charge in [-0.1, -0.05) is 18.2 Å². The number of ether oxygens (including phenoxy) is 3. The molecule has 1 aliphatic rings. The van der Waals surface area contributed by atoms with Crippen molar-refractivity contribution in [2.24, 2.45) is 0 Å². The van der Waals surface area contributed by atoms with E-state index in [0.29, 0.717) is 22.7 Å². The number of carbonyl (C=O) groups is 2. The summed E-state index contributed by atoms with van der Waals surface area (Å²) in [6, 6.07) is 13.8. The van der Waals surface area contributed by atoms with Crippen LogP contribution in [0.2, 0.25) is 0 Å². The summed E-state index contributed by atoms with van der Waals surface area (Å²) in [5, 5.41) is 11.6. The Labute approximate surface area is 155 Å². The van der Waals surface area contributed by atoms with Crippen molar-refractivity contribution in [2.75, 3.05) is 12.1 Å². The van der Waals surface area contributed by atoms with E-state index in [2.05, 4.69) is 5.32 Å². The Morgan fingerprint density at radius 3 is 2.81 bits per heavy atom. The Hall–Kier alpha value is -3.79. The molecular weight excluding hydrogens is 348 g/mol. The first-order valence-electron chi connectivity index (χ1n) is 8.15. The molecule has 1 heterocycles. The number of esters is 1. The first-order valence-corrected chi connectivity index (χ1v) is 8.15. The Balaban J connectivity index is 1.57. The minimum absolute atomic E-state index is 0.173. The highest BCUT2D eigenvalue weighted by atomic mass is 16.7. The second kappa shape index (κ2) is 8.06. The lowest BCUT2D eigenvalue weighted by Gasteiger charge is -2.13. The quantitative estimate of drug-likeness (QED) is 0.647. The molecule has 7 nitrogen and oxygen atoms in total. The minimum atomic E-state index is -1.02. The molecule has 1 atom stereocenters. The van der Waals surface area contributed by atoms with Gasteiger partial charge in [0, 0.05) is 6.08 Å². The Kier molecular flexibility index (Phi) is 5.38. The smallest absolute Gasteiger partial charge is 0.331 e. The Bertz CT molecular complexity index is 946. The molecule has 1 amide bonds. The number of fused-ring (bicyclic) bond motifs is 1. The van der Waals surface area contributed by atoms with Gasteiger partial charge in [-0.3, -0.25) is 4.79 Å². The van der Waals surface area contributed by atoms with Crippen molar-refractivity contribution in [2.45, 2.75) is 13.0 Å². The van der Waals surface area contributed by atoms with Crippen LogP contribution >= 0.6 is 0 Å². The predicted octanol–water partition coefficient (Wildman–Crippen LogP) is 2.87.